The molecule has 1 unspecified atom stereocenters. The maximum absolute atomic E-state index is 13.2. The van der Waals surface area contributed by atoms with Crippen molar-refractivity contribution in [1.29, 1.82) is 0 Å². The van der Waals surface area contributed by atoms with Crippen molar-refractivity contribution in [3.8, 4) is 0 Å². The predicted octanol–water partition coefficient (Wildman–Crippen LogP) is 3.71. The Bertz CT molecular complexity index is 1080. The minimum atomic E-state index is -0.645. The number of aliphatic hydroxyl groups excluding tert-OH is 1. The highest BCUT2D eigenvalue weighted by Gasteiger charge is 2.46. The Hall–Kier alpha value is -2.45. The summed E-state index contributed by atoms with van der Waals surface area (Å²) in [5, 5.41) is 15.7. The van der Waals surface area contributed by atoms with Crippen LogP contribution in [0.1, 0.15) is 47.8 Å². The van der Waals surface area contributed by atoms with Gasteiger partial charge in [0.15, 0.2) is 0 Å². The van der Waals surface area contributed by atoms with E-state index in [0.717, 1.165) is 41.7 Å². The number of carbonyl (C=O) groups is 2. The number of ketones is 1. The zero-order valence-electron chi connectivity index (χ0n) is 18.8. The van der Waals surface area contributed by atoms with Crippen LogP contribution in [-0.4, -0.2) is 62.6 Å². The van der Waals surface area contributed by atoms with Gasteiger partial charge in [0.2, 0.25) is 0 Å². The number of hydrogen-bond acceptors (Lipinski definition) is 5. The van der Waals surface area contributed by atoms with Crippen molar-refractivity contribution in [1.82, 2.24) is 19.6 Å². The Morgan fingerprint density at radius 1 is 1.16 bits per heavy atom. The van der Waals surface area contributed by atoms with Crippen molar-refractivity contribution in [3.63, 3.8) is 0 Å². The molecular weight excluding hydrogens is 472 g/mol. The topological polar surface area (TPSA) is 78.7 Å². The molecule has 1 atom stereocenters. The van der Waals surface area contributed by atoms with Crippen LogP contribution in [0.3, 0.4) is 0 Å². The first-order valence-corrected chi connectivity index (χ1v) is 11.9. The molecule has 2 aromatic rings. The Morgan fingerprint density at radius 3 is 2.50 bits per heavy atom. The lowest BCUT2D eigenvalue weighted by Gasteiger charge is -2.31. The van der Waals surface area contributed by atoms with Crippen LogP contribution >= 0.6 is 15.9 Å². The van der Waals surface area contributed by atoms with Gasteiger partial charge in [-0.15, -0.1) is 0 Å². The van der Waals surface area contributed by atoms with E-state index in [1.807, 2.05) is 31.2 Å². The third kappa shape index (κ3) is 4.13. The minimum Gasteiger partial charge on any atom is -0.507 e. The predicted molar refractivity (Wildman–Crippen MR) is 126 cm³/mol. The van der Waals surface area contributed by atoms with Crippen LogP contribution in [0.15, 0.2) is 34.3 Å². The highest BCUT2D eigenvalue weighted by molar-refractivity contribution is 9.10. The van der Waals surface area contributed by atoms with Crippen LogP contribution in [0.25, 0.3) is 5.76 Å². The van der Waals surface area contributed by atoms with Crippen LogP contribution < -0.4 is 0 Å². The quantitative estimate of drug-likeness (QED) is 0.384. The summed E-state index contributed by atoms with van der Waals surface area (Å²) in [5.41, 5.74) is 2.80. The van der Waals surface area contributed by atoms with Gasteiger partial charge in [0.1, 0.15) is 5.76 Å². The molecule has 1 N–H and O–H groups in total. The number of rotatable bonds is 5. The van der Waals surface area contributed by atoms with Crippen molar-refractivity contribution < 1.29 is 14.7 Å². The minimum absolute atomic E-state index is 0.131. The van der Waals surface area contributed by atoms with Crippen molar-refractivity contribution in [2.75, 3.05) is 26.2 Å². The van der Waals surface area contributed by atoms with Crippen molar-refractivity contribution >= 4 is 33.4 Å². The summed E-state index contributed by atoms with van der Waals surface area (Å²) in [5.74, 6) is -1.36. The number of halogens is 1. The first-order valence-electron chi connectivity index (χ1n) is 11.1. The van der Waals surface area contributed by atoms with Crippen molar-refractivity contribution in [2.24, 2.45) is 7.05 Å². The Balaban J connectivity index is 1.79. The normalized spacial score (nSPS) is 21.5. The van der Waals surface area contributed by atoms with Gasteiger partial charge in [-0.25, -0.2) is 0 Å². The SMILES string of the molecule is Cc1nn(C)c(C)c1/C(O)=C1\C(=O)C(=O)N(CCN2CCCCC2)C1c1cccc(Br)c1. The number of nitrogens with zero attached hydrogens (tertiary/aromatic N) is 4. The maximum Gasteiger partial charge on any atom is 0.295 e. The number of benzene rings is 1. The summed E-state index contributed by atoms with van der Waals surface area (Å²) >= 11 is 3.50. The Morgan fingerprint density at radius 2 is 1.88 bits per heavy atom. The molecule has 1 aromatic heterocycles. The number of aryl methyl sites for hydroxylation is 2. The molecule has 0 radical (unpaired) electrons. The number of hydrogen-bond donors (Lipinski definition) is 1. The number of Topliss-reactive ketones (excluding diaryl/α,β-unsaturated/α-hetero) is 1. The molecule has 0 saturated carbocycles. The third-order valence-corrected chi connectivity index (χ3v) is 7.05. The summed E-state index contributed by atoms with van der Waals surface area (Å²) in [6.07, 6.45) is 3.56. The number of carbonyl (C=O) groups excluding carboxylic acids is 2. The molecule has 3 heterocycles. The van der Waals surface area contributed by atoms with Gasteiger partial charge in [-0.2, -0.15) is 5.10 Å². The van der Waals surface area contributed by atoms with Gasteiger partial charge in [0.25, 0.3) is 11.7 Å². The van der Waals surface area contributed by atoms with Crippen LogP contribution in [0.5, 0.6) is 0 Å². The van der Waals surface area contributed by atoms with E-state index in [1.165, 1.54) is 6.42 Å². The van der Waals surface area contributed by atoms with Crippen molar-refractivity contribution in [3.05, 3.63) is 56.8 Å². The van der Waals surface area contributed by atoms with E-state index in [2.05, 4.69) is 25.9 Å². The zero-order valence-corrected chi connectivity index (χ0v) is 20.4. The van der Waals surface area contributed by atoms with Crippen LogP contribution in [-0.2, 0) is 16.6 Å². The van der Waals surface area contributed by atoms with E-state index in [1.54, 1.807) is 23.6 Å². The molecule has 4 rings (SSSR count). The summed E-state index contributed by atoms with van der Waals surface area (Å²) in [4.78, 5) is 30.3. The second-order valence-corrected chi connectivity index (χ2v) is 9.53. The molecule has 32 heavy (non-hydrogen) atoms. The fraction of sp³-hybridized carbons (Fsp3) is 0.458. The second kappa shape index (κ2) is 9.19. The molecule has 8 heteroatoms. The molecule has 2 aliphatic heterocycles. The molecule has 0 spiro atoms. The van der Waals surface area contributed by atoms with E-state index in [9.17, 15) is 14.7 Å². The maximum atomic E-state index is 13.2. The van der Waals surface area contributed by atoms with E-state index in [0.29, 0.717) is 24.3 Å². The lowest BCUT2D eigenvalue weighted by Crippen LogP contribution is -2.40. The van der Waals surface area contributed by atoms with Crippen molar-refractivity contribution in [2.45, 2.75) is 39.2 Å². The molecule has 2 saturated heterocycles. The van der Waals surface area contributed by atoms with E-state index in [-0.39, 0.29) is 11.3 Å². The highest BCUT2D eigenvalue weighted by atomic mass is 79.9. The fourth-order valence-corrected chi connectivity index (χ4v) is 5.23. The number of piperidine rings is 1. The van der Waals surface area contributed by atoms with Crippen LogP contribution in [0.4, 0.5) is 0 Å². The molecule has 170 valence electrons. The average molecular weight is 501 g/mol. The second-order valence-electron chi connectivity index (χ2n) is 8.62. The average Bonchev–Trinajstić information content (AvgIpc) is 3.18. The van der Waals surface area contributed by atoms with Gasteiger partial charge >= 0.3 is 0 Å². The summed E-state index contributed by atoms with van der Waals surface area (Å²) in [7, 11) is 1.79. The first-order chi connectivity index (χ1) is 15.3. The lowest BCUT2D eigenvalue weighted by molar-refractivity contribution is -0.140. The summed E-state index contributed by atoms with van der Waals surface area (Å²) < 4.78 is 2.52. The Kier molecular flexibility index (Phi) is 6.53. The van der Waals surface area contributed by atoms with Crippen LogP contribution in [0.2, 0.25) is 0 Å². The van der Waals surface area contributed by atoms with E-state index in [4.69, 9.17) is 0 Å². The van der Waals surface area contributed by atoms with Gasteiger partial charge in [0.05, 0.1) is 22.9 Å². The third-order valence-electron chi connectivity index (χ3n) is 6.56. The van der Waals surface area contributed by atoms with Gasteiger partial charge in [0, 0.05) is 30.3 Å². The molecule has 0 bridgehead atoms. The van der Waals surface area contributed by atoms with Gasteiger partial charge in [-0.3, -0.25) is 14.3 Å². The van der Waals surface area contributed by atoms with Gasteiger partial charge in [-0.05, 0) is 57.5 Å². The number of aromatic nitrogens is 2. The smallest absolute Gasteiger partial charge is 0.295 e. The first kappa shape index (κ1) is 22.7. The molecule has 2 fully saturated rings. The van der Waals surface area contributed by atoms with E-state index < -0.39 is 17.7 Å². The molecule has 1 amide bonds. The monoisotopic (exact) mass is 500 g/mol. The summed E-state index contributed by atoms with van der Waals surface area (Å²) in [6.45, 7) is 6.81. The molecule has 7 nitrogen and oxygen atoms in total. The van der Waals surface area contributed by atoms with E-state index >= 15 is 0 Å². The zero-order chi connectivity index (χ0) is 23.0. The molecule has 2 aliphatic rings. The van der Waals surface area contributed by atoms with Gasteiger partial charge in [-0.1, -0.05) is 34.5 Å². The lowest BCUT2D eigenvalue weighted by atomic mass is 9.94. The van der Waals surface area contributed by atoms with Crippen LogP contribution in [0, 0.1) is 13.8 Å². The molecule has 1 aromatic carbocycles. The highest BCUT2D eigenvalue weighted by Crippen LogP contribution is 2.40. The van der Waals surface area contributed by atoms with Gasteiger partial charge < -0.3 is 14.9 Å². The number of aliphatic hydroxyl groups is 1. The fourth-order valence-electron chi connectivity index (χ4n) is 4.82. The standard InChI is InChI=1S/C24H29BrN4O3/c1-15-19(16(2)27(3)26-15)22(30)20-21(17-8-7-9-18(25)14-17)29(24(32)23(20)31)13-12-28-10-5-4-6-11-28/h7-9,14,21,30H,4-6,10-13H2,1-3H3/b22-20+. The largest absolute Gasteiger partial charge is 0.507 e. The molecular formula is C24H29BrN4O3. The Labute approximate surface area is 196 Å². The number of likely N-dealkylation sites (tertiary alicyclic amines) is 2. The summed E-state index contributed by atoms with van der Waals surface area (Å²) in [6, 6.07) is 6.94. The number of amides is 1. The molecule has 0 aliphatic carbocycles.